The first kappa shape index (κ1) is 16.2. The SMILES string of the molecule is COCC(=O)NCC1CCC2(CN(C(=O)C(C)C)C2)OC1. The number of hydrogen-bond donors (Lipinski definition) is 1. The predicted octanol–water partition coefficient (Wildman–Crippen LogP) is 0.413. The lowest BCUT2D eigenvalue weighted by Crippen LogP contribution is -2.67. The van der Waals surface area contributed by atoms with Gasteiger partial charge in [-0.3, -0.25) is 9.59 Å². The van der Waals surface area contributed by atoms with Crippen LogP contribution in [0.15, 0.2) is 0 Å². The fourth-order valence-electron chi connectivity index (χ4n) is 2.94. The molecule has 2 saturated heterocycles. The molecule has 1 unspecified atom stereocenters. The van der Waals surface area contributed by atoms with Gasteiger partial charge >= 0.3 is 0 Å². The van der Waals surface area contributed by atoms with E-state index in [1.807, 2.05) is 18.7 Å². The molecular weight excluding hydrogens is 272 g/mol. The zero-order valence-corrected chi connectivity index (χ0v) is 13.2. The summed E-state index contributed by atoms with van der Waals surface area (Å²) >= 11 is 0. The molecule has 0 aliphatic carbocycles. The zero-order chi connectivity index (χ0) is 15.5. The molecule has 0 radical (unpaired) electrons. The third-order valence-corrected chi connectivity index (χ3v) is 4.26. The summed E-state index contributed by atoms with van der Waals surface area (Å²) in [5.74, 6) is 0.522. The highest BCUT2D eigenvalue weighted by molar-refractivity contribution is 5.79. The molecule has 2 fully saturated rings. The molecule has 2 aliphatic heterocycles. The largest absolute Gasteiger partial charge is 0.375 e. The average molecular weight is 298 g/mol. The fourth-order valence-corrected chi connectivity index (χ4v) is 2.94. The van der Waals surface area contributed by atoms with Crippen LogP contribution in [0.1, 0.15) is 26.7 Å². The number of ether oxygens (including phenoxy) is 2. The van der Waals surface area contributed by atoms with Crippen LogP contribution >= 0.6 is 0 Å². The lowest BCUT2D eigenvalue weighted by Gasteiger charge is -2.53. The fraction of sp³-hybridized carbons (Fsp3) is 0.867. The molecule has 2 heterocycles. The molecule has 0 aromatic rings. The number of rotatable bonds is 5. The van der Waals surface area contributed by atoms with Crippen molar-refractivity contribution in [1.29, 1.82) is 0 Å². The molecule has 0 aromatic carbocycles. The summed E-state index contributed by atoms with van der Waals surface area (Å²) in [4.78, 5) is 25.1. The summed E-state index contributed by atoms with van der Waals surface area (Å²) < 4.78 is 10.8. The van der Waals surface area contributed by atoms with Crippen molar-refractivity contribution in [2.45, 2.75) is 32.3 Å². The topological polar surface area (TPSA) is 67.9 Å². The number of methoxy groups -OCH3 is 1. The predicted molar refractivity (Wildman–Crippen MR) is 77.7 cm³/mol. The second-order valence-electron chi connectivity index (χ2n) is 6.48. The molecule has 6 nitrogen and oxygen atoms in total. The lowest BCUT2D eigenvalue weighted by molar-refractivity contribution is -0.190. The summed E-state index contributed by atoms with van der Waals surface area (Å²) in [7, 11) is 1.51. The second kappa shape index (κ2) is 6.75. The molecule has 2 rings (SSSR count). The van der Waals surface area contributed by atoms with Gasteiger partial charge in [0.25, 0.3) is 0 Å². The van der Waals surface area contributed by atoms with Crippen molar-refractivity contribution in [3.8, 4) is 0 Å². The van der Waals surface area contributed by atoms with Crippen LogP contribution in [-0.2, 0) is 19.1 Å². The van der Waals surface area contributed by atoms with Gasteiger partial charge in [0, 0.05) is 19.6 Å². The molecule has 21 heavy (non-hydrogen) atoms. The number of nitrogens with zero attached hydrogens (tertiary/aromatic N) is 1. The Bertz CT molecular complexity index is 381. The van der Waals surface area contributed by atoms with Crippen molar-refractivity contribution in [3.05, 3.63) is 0 Å². The van der Waals surface area contributed by atoms with Gasteiger partial charge in [-0.2, -0.15) is 0 Å². The van der Waals surface area contributed by atoms with Gasteiger partial charge in [0.05, 0.1) is 19.7 Å². The minimum Gasteiger partial charge on any atom is -0.375 e. The molecule has 1 N–H and O–H groups in total. The third-order valence-electron chi connectivity index (χ3n) is 4.26. The van der Waals surface area contributed by atoms with E-state index in [2.05, 4.69) is 5.32 Å². The van der Waals surface area contributed by atoms with Crippen LogP contribution in [0.3, 0.4) is 0 Å². The van der Waals surface area contributed by atoms with E-state index in [1.54, 1.807) is 0 Å². The van der Waals surface area contributed by atoms with E-state index in [9.17, 15) is 9.59 Å². The van der Waals surface area contributed by atoms with Crippen molar-refractivity contribution >= 4 is 11.8 Å². The molecule has 1 spiro atoms. The van der Waals surface area contributed by atoms with E-state index in [0.717, 1.165) is 12.8 Å². The summed E-state index contributed by atoms with van der Waals surface area (Å²) in [6, 6.07) is 0. The third kappa shape index (κ3) is 3.95. The van der Waals surface area contributed by atoms with Gasteiger partial charge in [0.2, 0.25) is 11.8 Å². The number of amides is 2. The molecule has 0 bridgehead atoms. The number of hydrogen-bond acceptors (Lipinski definition) is 4. The van der Waals surface area contributed by atoms with Crippen LogP contribution in [0.25, 0.3) is 0 Å². The molecule has 0 saturated carbocycles. The molecule has 2 aliphatic rings. The van der Waals surface area contributed by atoms with Gasteiger partial charge in [-0.1, -0.05) is 13.8 Å². The van der Waals surface area contributed by atoms with Crippen molar-refractivity contribution in [3.63, 3.8) is 0 Å². The number of carbonyl (C=O) groups excluding carboxylic acids is 2. The minimum atomic E-state index is -0.127. The highest BCUT2D eigenvalue weighted by Crippen LogP contribution is 2.36. The molecule has 120 valence electrons. The summed E-state index contributed by atoms with van der Waals surface area (Å²) in [6.45, 7) is 6.66. The summed E-state index contributed by atoms with van der Waals surface area (Å²) in [6.07, 6.45) is 1.98. The highest BCUT2D eigenvalue weighted by Gasteiger charge is 2.48. The first-order valence-corrected chi connectivity index (χ1v) is 7.64. The normalized spacial score (nSPS) is 24.0. The molecule has 2 amide bonds. The first-order chi connectivity index (χ1) is 9.96. The van der Waals surface area contributed by atoms with Crippen molar-refractivity contribution < 1.29 is 19.1 Å². The molecule has 6 heteroatoms. The van der Waals surface area contributed by atoms with Crippen LogP contribution in [0.5, 0.6) is 0 Å². The lowest BCUT2D eigenvalue weighted by atomic mass is 9.82. The quantitative estimate of drug-likeness (QED) is 0.798. The van der Waals surface area contributed by atoms with Crippen LogP contribution < -0.4 is 5.32 Å². The standard InChI is InChI=1S/C15H26N2O4/c1-11(2)14(19)17-9-15(10-17)5-4-12(7-21-15)6-16-13(18)8-20-3/h11-12H,4-10H2,1-3H3,(H,16,18). The smallest absolute Gasteiger partial charge is 0.245 e. The van der Waals surface area contributed by atoms with Crippen molar-refractivity contribution in [2.75, 3.05) is 40.0 Å². The Balaban J connectivity index is 1.68. The zero-order valence-electron chi connectivity index (χ0n) is 13.2. The van der Waals surface area contributed by atoms with Crippen LogP contribution in [0.2, 0.25) is 0 Å². The maximum absolute atomic E-state index is 11.9. The van der Waals surface area contributed by atoms with Crippen molar-refractivity contribution in [1.82, 2.24) is 10.2 Å². The molecule has 0 aromatic heterocycles. The van der Waals surface area contributed by atoms with E-state index in [4.69, 9.17) is 9.47 Å². The number of likely N-dealkylation sites (tertiary alicyclic amines) is 1. The van der Waals surface area contributed by atoms with Crippen LogP contribution in [-0.4, -0.2) is 62.3 Å². The van der Waals surface area contributed by atoms with Gasteiger partial charge in [-0.05, 0) is 18.8 Å². The van der Waals surface area contributed by atoms with Gasteiger partial charge in [0.1, 0.15) is 12.2 Å². The van der Waals surface area contributed by atoms with Gasteiger partial charge in [-0.15, -0.1) is 0 Å². The summed E-state index contributed by atoms with van der Waals surface area (Å²) in [5.41, 5.74) is -0.127. The van der Waals surface area contributed by atoms with E-state index < -0.39 is 0 Å². The summed E-state index contributed by atoms with van der Waals surface area (Å²) in [5, 5.41) is 2.85. The Morgan fingerprint density at radius 3 is 2.67 bits per heavy atom. The monoisotopic (exact) mass is 298 g/mol. The van der Waals surface area contributed by atoms with E-state index in [1.165, 1.54) is 7.11 Å². The van der Waals surface area contributed by atoms with Gasteiger partial charge in [-0.25, -0.2) is 0 Å². The Kier molecular flexibility index (Phi) is 5.22. The van der Waals surface area contributed by atoms with Crippen molar-refractivity contribution in [2.24, 2.45) is 11.8 Å². The maximum atomic E-state index is 11.9. The van der Waals surface area contributed by atoms with Crippen LogP contribution in [0.4, 0.5) is 0 Å². The number of nitrogens with one attached hydrogen (secondary N) is 1. The van der Waals surface area contributed by atoms with E-state index >= 15 is 0 Å². The van der Waals surface area contributed by atoms with Gasteiger partial charge in [0.15, 0.2) is 0 Å². The Morgan fingerprint density at radius 1 is 1.43 bits per heavy atom. The number of carbonyl (C=O) groups is 2. The Morgan fingerprint density at radius 2 is 2.14 bits per heavy atom. The minimum absolute atomic E-state index is 0.0506. The highest BCUT2D eigenvalue weighted by atomic mass is 16.5. The average Bonchev–Trinajstić information content (AvgIpc) is 2.42. The van der Waals surface area contributed by atoms with E-state index in [-0.39, 0.29) is 29.9 Å². The second-order valence-corrected chi connectivity index (χ2v) is 6.48. The molecule has 1 atom stereocenters. The van der Waals surface area contributed by atoms with Gasteiger partial charge < -0.3 is 19.7 Å². The molecular formula is C15H26N2O4. The van der Waals surface area contributed by atoms with Crippen LogP contribution in [0, 0.1) is 11.8 Å². The Labute approximate surface area is 126 Å². The first-order valence-electron chi connectivity index (χ1n) is 7.64. The van der Waals surface area contributed by atoms with E-state index in [0.29, 0.717) is 32.2 Å². The maximum Gasteiger partial charge on any atom is 0.245 e. The Hall–Kier alpha value is -1.14.